The minimum atomic E-state index is -3.77. The minimum absolute atomic E-state index is 0.0512. The number of carboxylic acid groups (broad SMARTS) is 1. The zero-order valence-electron chi connectivity index (χ0n) is 11.4. The molecule has 1 aliphatic rings. The molecule has 1 aromatic heterocycles. The van der Waals surface area contributed by atoms with Crippen molar-refractivity contribution in [2.45, 2.75) is 18.2 Å². The zero-order valence-corrected chi connectivity index (χ0v) is 13.1. The van der Waals surface area contributed by atoms with Crippen LogP contribution < -0.4 is 0 Å². The van der Waals surface area contributed by atoms with Crippen LogP contribution in [0.2, 0.25) is 0 Å². The van der Waals surface area contributed by atoms with E-state index >= 15 is 0 Å². The van der Waals surface area contributed by atoms with Crippen LogP contribution >= 0.6 is 11.3 Å². The predicted octanol–water partition coefficient (Wildman–Crippen LogP) is 2.63. The summed E-state index contributed by atoms with van der Waals surface area (Å²) in [5.74, 6) is -0.889. The van der Waals surface area contributed by atoms with Gasteiger partial charge in [0.1, 0.15) is 9.77 Å². The highest BCUT2D eigenvalue weighted by Crippen LogP contribution is 2.37. The lowest BCUT2D eigenvalue weighted by Gasteiger charge is -2.16. The first-order chi connectivity index (χ1) is 9.91. The van der Waals surface area contributed by atoms with E-state index in [2.05, 4.69) is 0 Å². The monoisotopic (exact) mass is 325 g/mol. The van der Waals surface area contributed by atoms with Crippen molar-refractivity contribution >= 4 is 37.4 Å². The summed E-state index contributed by atoms with van der Waals surface area (Å²) in [6.45, 7) is 2.90. The number of carboxylic acids is 1. The SMILES string of the molecule is CC1CCN(S(=O)(=O)c2c(C(=O)O)sc3ccccc23)C1. The van der Waals surface area contributed by atoms with Crippen LogP contribution in [-0.2, 0) is 10.0 Å². The summed E-state index contributed by atoms with van der Waals surface area (Å²) in [6.07, 6.45) is 0.809. The van der Waals surface area contributed by atoms with Gasteiger partial charge >= 0.3 is 5.97 Å². The lowest BCUT2D eigenvalue weighted by molar-refractivity contribution is 0.0698. The summed E-state index contributed by atoms with van der Waals surface area (Å²) < 4.78 is 27.8. The Hall–Kier alpha value is -1.44. The predicted molar refractivity (Wildman–Crippen MR) is 81.3 cm³/mol. The van der Waals surface area contributed by atoms with Crippen LogP contribution in [0.1, 0.15) is 23.0 Å². The fourth-order valence-electron chi connectivity index (χ4n) is 2.66. The average molecular weight is 325 g/mol. The fraction of sp³-hybridized carbons (Fsp3) is 0.357. The smallest absolute Gasteiger partial charge is 0.347 e. The van der Waals surface area contributed by atoms with Gasteiger partial charge in [-0.15, -0.1) is 11.3 Å². The van der Waals surface area contributed by atoms with Gasteiger partial charge in [0.05, 0.1) is 0 Å². The fourth-order valence-corrected chi connectivity index (χ4v) is 5.93. The highest BCUT2D eigenvalue weighted by molar-refractivity contribution is 7.89. The number of thiophene rings is 1. The number of aromatic carboxylic acids is 1. The van der Waals surface area contributed by atoms with Crippen LogP contribution in [-0.4, -0.2) is 36.9 Å². The van der Waals surface area contributed by atoms with Gasteiger partial charge in [-0.05, 0) is 18.4 Å². The van der Waals surface area contributed by atoms with Crippen LogP contribution in [0, 0.1) is 5.92 Å². The third-order valence-electron chi connectivity index (χ3n) is 3.73. The standard InChI is InChI=1S/C14H15NO4S2/c1-9-6-7-15(8-9)21(18,19)13-10-4-2-3-5-11(10)20-12(13)14(16)17/h2-5,9H,6-8H2,1H3,(H,16,17). The molecule has 3 rings (SSSR count). The molecule has 7 heteroatoms. The molecule has 1 atom stereocenters. The van der Waals surface area contributed by atoms with Gasteiger partial charge in [0.15, 0.2) is 0 Å². The van der Waals surface area contributed by atoms with E-state index < -0.39 is 16.0 Å². The molecule has 21 heavy (non-hydrogen) atoms. The van der Waals surface area contributed by atoms with Crippen LogP contribution in [0.3, 0.4) is 0 Å². The molecule has 2 heterocycles. The van der Waals surface area contributed by atoms with Crippen molar-refractivity contribution in [1.82, 2.24) is 4.31 Å². The molecule has 1 aromatic carbocycles. The van der Waals surface area contributed by atoms with Crippen molar-refractivity contribution in [2.75, 3.05) is 13.1 Å². The van der Waals surface area contributed by atoms with E-state index in [4.69, 9.17) is 0 Å². The van der Waals surface area contributed by atoms with Gasteiger partial charge in [-0.1, -0.05) is 25.1 Å². The quantitative estimate of drug-likeness (QED) is 0.941. The van der Waals surface area contributed by atoms with Gasteiger partial charge < -0.3 is 5.11 Å². The molecule has 0 aliphatic carbocycles. The lowest BCUT2D eigenvalue weighted by atomic mass is 10.2. The second-order valence-corrected chi connectivity index (χ2v) is 8.25. The molecule has 0 radical (unpaired) electrons. The van der Waals surface area contributed by atoms with Crippen molar-refractivity contribution in [3.63, 3.8) is 0 Å². The highest BCUT2D eigenvalue weighted by Gasteiger charge is 2.36. The summed E-state index contributed by atoms with van der Waals surface area (Å²) in [5, 5.41) is 9.85. The molecule has 2 aromatic rings. The van der Waals surface area contributed by atoms with E-state index in [-0.39, 0.29) is 9.77 Å². The van der Waals surface area contributed by atoms with E-state index in [1.807, 2.05) is 6.92 Å². The van der Waals surface area contributed by atoms with E-state index in [9.17, 15) is 18.3 Å². The number of nitrogens with zero attached hydrogens (tertiary/aromatic N) is 1. The first kappa shape index (κ1) is 14.5. The third kappa shape index (κ3) is 2.35. The number of hydrogen-bond donors (Lipinski definition) is 1. The molecule has 0 spiro atoms. The van der Waals surface area contributed by atoms with E-state index in [1.165, 1.54) is 4.31 Å². The molecule has 1 N–H and O–H groups in total. The molecular formula is C14H15NO4S2. The Labute approximate surface area is 126 Å². The van der Waals surface area contributed by atoms with Crippen molar-refractivity contribution in [1.29, 1.82) is 0 Å². The lowest BCUT2D eigenvalue weighted by Crippen LogP contribution is -2.29. The normalized spacial score (nSPS) is 20.1. The van der Waals surface area contributed by atoms with Crippen molar-refractivity contribution in [3.8, 4) is 0 Å². The van der Waals surface area contributed by atoms with Crippen LogP contribution in [0.25, 0.3) is 10.1 Å². The second kappa shape index (κ2) is 5.08. The molecule has 1 saturated heterocycles. The molecule has 1 fully saturated rings. The highest BCUT2D eigenvalue weighted by atomic mass is 32.2. The van der Waals surface area contributed by atoms with Gasteiger partial charge in [0.2, 0.25) is 10.0 Å². The average Bonchev–Trinajstić information content (AvgIpc) is 3.02. The first-order valence-corrected chi connectivity index (χ1v) is 8.92. The Morgan fingerprint density at radius 2 is 2.10 bits per heavy atom. The molecule has 5 nitrogen and oxygen atoms in total. The maximum Gasteiger partial charge on any atom is 0.347 e. The van der Waals surface area contributed by atoms with Crippen molar-refractivity contribution in [3.05, 3.63) is 29.1 Å². The van der Waals surface area contributed by atoms with E-state index in [1.54, 1.807) is 24.3 Å². The number of hydrogen-bond acceptors (Lipinski definition) is 4. The molecule has 1 unspecified atom stereocenters. The maximum absolute atomic E-state index is 12.8. The molecular weight excluding hydrogens is 310 g/mol. The first-order valence-electron chi connectivity index (χ1n) is 6.66. The van der Waals surface area contributed by atoms with E-state index in [0.29, 0.717) is 29.1 Å². The van der Waals surface area contributed by atoms with Crippen LogP contribution in [0.15, 0.2) is 29.2 Å². The van der Waals surface area contributed by atoms with Crippen LogP contribution in [0.5, 0.6) is 0 Å². The summed E-state index contributed by atoms with van der Waals surface area (Å²) in [5.41, 5.74) is 0. The Morgan fingerprint density at radius 3 is 2.71 bits per heavy atom. The third-order valence-corrected chi connectivity index (χ3v) is 6.97. The number of rotatable bonds is 3. The Bertz CT molecular complexity index is 809. The molecule has 0 amide bonds. The number of benzene rings is 1. The van der Waals surface area contributed by atoms with Gasteiger partial charge in [-0.2, -0.15) is 4.31 Å². The zero-order chi connectivity index (χ0) is 15.2. The Balaban J connectivity index is 2.23. The second-order valence-electron chi connectivity index (χ2n) is 5.32. The Morgan fingerprint density at radius 1 is 1.38 bits per heavy atom. The summed E-state index contributed by atoms with van der Waals surface area (Å²) in [7, 11) is -3.77. The summed E-state index contributed by atoms with van der Waals surface area (Å²) in [4.78, 5) is 11.3. The largest absolute Gasteiger partial charge is 0.477 e. The molecule has 0 saturated carbocycles. The van der Waals surface area contributed by atoms with Crippen LogP contribution in [0.4, 0.5) is 0 Å². The molecule has 1 aliphatic heterocycles. The number of carbonyl (C=O) groups is 1. The molecule has 0 bridgehead atoms. The number of sulfonamides is 1. The minimum Gasteiger partial charge on any atom is -0.477 e. The van der Waals surface area contributed by atoms with Gasteiger partial charge in [0.25, 0.3) is 0 Å². The van der Waals surface area contributed by atoms with Gasteiger partial charge in [-0.3, -0.25) is 0 Å². The molecule has 112 valence electrons. The maximum atomic E-state index is 12.8. The number of fused-ring (bicyclic) bond motifs is 1. The topological polar surface area (TPSA) is 74.7 Å². The van der Waals surface area contributed by atoms with Gasteiger partial charge in [0, 0.05) is 23.2 Å². The summed E-state index contributed by atoms with van der Waals surface area (Å²) >= 11 is 1.01. The Kier molecular flexibility index (Phi) is 3.51. The van der Waals surface area contributed by atoms with Crippen molar-refractivity contribution < 1.29 is 18.3 Å². The van der Waals surface area contributed by atoms with Gasteiger partial charge in [-0.25, -0.2) is 13.2 Å². The summed E-state index contributed by atoms with van der Waals surface area (Å²) in [6, 6.07) is 6.92. The van der Waals surface area contributed by atoms with Crippen molar-refractivity contribution in [2.24, 2.45) is 5.92 Å². The van der Waals surface area contributed by atoms with E-state index in [0.717, 1.165) is 17.8 Å².